The maximum atomic E-state index is 5.26. The Morgan fingerprint density at radius 1 is 0.962 bits per heavy atom. The van der Waals surface area contributed by atoms with Crippen LogP contribution in [0.3, 0.4) is 0 Å². The van der Waals surface area contributed by atoms with Gasteiger partial charge in [0.25, 0.3) is 0 Å². The summed E-state index contributed by atoms with van der Waals surface area (Å²) in [5, 5.41) is 1.32. The summed E-state index contributed by atoms with van der Waals surface area (Å²) in [5.41, 5.74) is 2.77. The normalized spacial score (nSPS) is 17.0. The fourth-order valence-electron chi connectivity index (χ4n) is 4.12. The first-order valence-electron chi connectivity index (χ1n) is 9.22. The molecule has 2 aromatic heterocycles. The minimum atomic E-state index is 0.905. The van der Waals surface area contributed by atoms with Crippen LogP contribution >= 0.6 is 11.3 Å². The Morgan fingerprint density at radius 3 is 2.50 bits per heavy atom. The Labute approximate surface area is 157 Å². The molecular weight excluding hydrogens is 344 g/mol. The van der Waals surface area contributed by atoms with Crippen molar-refractivity contribution in [1.82, 2.24) is 9.97 Å². The molecule has 2 aliphatic rings. The van der Waals surface area contributed by atoms with E-state index < -0.39 is 0 Å². The number of aryl methyl sites for hydroxylation is 2. The molecule has 1 aliphatic carbocycles. The summed E-state index contributed by atoms with van der Waals surface area (Å²) in [6.45, 7) is 3.99. The topological polar surface area (TPSA) is 41.5 Å². The van der Waals surface area contributed by atoms with Crippen molar-refractivity contribution in [3.8, 4) is 5.75 Å². The lowest BCUT2D eigenvalue weighted by atomic mass is 10.1. The van der Waals surface area contributed by atoms with Gasteiger partial charge in [-0.25, -0.2) is 9.97 Å². The van der Waals surface area contributed by atoms with Crippen molar-refractivity contribution in [2.75, 3.05) is 43.1 Å². The Bertz CT molecular complexity index is 929. The quantitative estimate of drug-likeness (QED) is 0.709. The maximum absolute atomic E-state index is 5.26. The SMILES string of the molecule is COc1ccc(N2CCN(c3ncnc4sc5c(c34)CCC5)CC2)cc1. The van der Waals surface area contributed by atoms with E-state index >= 15 is 0 Å². The minimum absolute atomic E-state index is 0.905. The van der Waals surface area contributed by atoms with E-state index in [0.717, 1.165) is 42.6 Å². The van der Waals surface area contributed by atoms with Crippen LogP contribution in [0.15, 0.2) is 30.6 Å². The van der Waals surface area contributed by atoms with Gasteiger partial charge in [0.1, 0.15) is 22.7 Å². The molecule has 0 bridgehead atoms. The summed E-state index contributed by atoms with van der Waals surface area (Å²) < 4.78 is 5.26. The summed E-state index contributed by atoms with van der Waals surface area (Å²) in [6.07, 6.45) is 5.40. The van der Waals surface area contributed by atoms with Crippen LogP contribution in [0.25, 0.3) is 10.2 Å². The average molecular weight is 366 g/mol. The molecular formula is C20H22N4OS. The third kappa shape index (κ3) is 2.60. The number of hydrogen-bond acceptors (Lipinski definition) is 6. The van der Waals surface area contributed by atoms with E-state index in [1.165, 1.54) is 40.8 Å². The first-order valence-corrected chi connectivity index (χ1v) is 10.0. The molecule has 1 aliphatic heterocycles. The highest BCUT2D eigenvalue weighted by Crippen LogP contribution is 2.40. The summed E-state index contributed by atoms with van der Waals surface area (Å²) in [5.74, 6) is 2.05. The van der Waals surface area contributed by atoms with Crippen molar-refractivity contribution in [2.45, 2.75) is 19.3 Å². The highest BCUT2D eigenvalue weighted by molar-refractivity contribution is 7.19. The Balaban J connectivity index is 1.38. The number of aromatic nitrogens is 2. The van der Waals surface area contributed by atoms with Crippen molar-refractivity contribution >= 4 is 33.1 Å². The van der Waals surface area contributed by atoms with E-state index in [4.69, 9.17) is 4.74 Å². The predicted octanol–water partition coefficient (Wildman–Crippen LogP) is 3.52. The van der Waals surface area contributed by atoms with Gasteiger partial charge < -0.3 is 14.5 Å². The molecule has 0 amide bonds. The first-order chi connectivity index (χ1) is 12.8. The van der Waals surface area contributed by atoms with Crippen molar-refractivity contribution in [3.63, 3.8) is 0 Å². The highest BCUT2D eigenvalue weighted by Gasteiger charge is 2.25. The van der Waals surface area contributed by atoms with Gasteiger partial charge in [-0.1, -0.05) is 0 Å². The zero-order valence-electron chi connectivity index (χ0n) is 14.9. The molecule has 0 N–H and O–H groups in total. The van der Waals surface area contributed by atoms with E-state index in [1.54, 1.807) is 13.4 Å². The molecule has 3 heterocycles. The molecule has 6 heteroatoms. The number of thiophene rings is 1. The number of rotatable bonds is 3. The zero-order chi connectivity index (χ0) is 17.5. The second-order valence-electron chi connectivity index (χ2n) is 6.91. The Morgan fingerprint density at radius 2 is 1.73 bits per heavy atom. The van der Waals surface area contributed by atoms with Gasteiger partial charge in [0.2, 0.25) is 0 Å². The molecule has 134 valence electrons. The predicted molar refractivity (Wildman–Crippen MR) is 107 cm³/mol. The van der Waals surface area contributed by atoms with Gasteiger partial charge in [0.05, 0.1) is 12.5 Å². The largest absolute Gasteiger partial charge is 0.497 e. The number of methoxy groups -OCH3 is 1. The maximum Gasteiger partial charge on any atom is 0.141 e. The second-order valence-corrected chi connectivity index (χ2v) is 7.99. The van der Waals surface area contributed by atoms with E-state index in [2.05, 4.69) is 31.9 Å². The van der Waals surface area contributed by atoms with Crippen molar-refractivity contribution in [3.05, 3.63) is 41.0 Å². The van der Waals surface area contributed by atoms with Gasteiger partial charge in [-0.15, -0.1) is 11.3 Å². The number of anilines is 2. The van der Waals surface area contributed by atoms with Crippen molar-refractivity contribution in [2.24, 2.45) is 0 Å². The molecule has 3 aromatic rings. The number of benzene rings is 1. The summed E-state index contributed by atoms with van der Waals surface area (Å²) in [7, 11) is 1.71. The first kappa shape index (κ1) is 15.9. The van der Waals surface area contributed by atoms with Crippen LogP contribution < -0.4 is 14.5 Å². The molecule has 0 unspecified atom stereocenters. The third-order valence-corrected chi connectivity index (χ3v) is 6.70. The van der Waals surface area contributed by atoms with Gasteiger partial charge in [-0.05, 0) is 49.1 Å². The molecule has 1 saturated heterocycles. The lowest BCUT2D eigenvalue weighted by Gasteiger charge is -2.37. The number of piperazine rings is 1. The molecule has 5 rings (SSSR count). The van der Waals surface area contributed by atoms with Gasteiger partial charge >= 0.3 is 0 Å². The number of nitrogens with zero attached hydrogens (tertiary/aromatic N) is 4. The molecule has 1 aromatic carbocycles. The Hall–Kier alpha value is -2.34. The van der Waals surface area contributed by atoms with Crippen LogP contribution in [0.1, 0.15) is 16.9 Å². The second kappa shape index (κ2) is 6.43. The van der Waals surface area contributed by atoms with Gasteiger partial charge in [-0.2, -0.15) is 0 Å². The third-order valence-electron chi connectivity index (χ3n) is 5.50. The van der Waals surface area contributed by atoms with Crippen LogP contribution in [0.5, 0.6) is 5.75 Å². The van der Waals surface area contributed by atoms with Gasteiger partial charge in [0.15, 0.2) is 0 Å². The molecule has 5 nitrogen and oxygen atoms in total. The van der Waals surface area contributed by atoms with Crippen LogP contribution in [-0.4, -0.2) is 43.3 Å². The molecule has 0 atom stereocenters. The lowest BCUT2D eigenvalue weighted by molar-refractivity contribution is 0.415. The smallest absolute Gasteiger partial charge is 0.141 e. The summed E-state index contributed by atoms with van der Waals surface area (Å²) in [6, 6.07) is 8.35. The average Bonchev–Trinajstić information content (AvgIpc) is 3.29. The monoisotopic (exact) mass is 366 g/mol. The van der Waals surface area contributed by atoms with Gasteiger partial charge in [-0.3, -0.25) is 0 Å². The summed E-state index contributed by atoms with van der Waals surface area (Å²) in [4.78, 5) is 16.8. The number of ether oxygens (including phenoxy) is 1. The lowest BCUT2D eigenvalue weighted by Crippen LogP contribution is -2.46. The number of fused-ring (bicyclic) bond motifs is 3. The van der Waals surface area contributed by atoms with E-state index in [-0.39, 0.29) is 0 Å². The molecule has 0 radical (unpaired) electrons. The Kier molecular flexibility index (Phi) is 3.93. The fourth-order valence-corrected chi connectivity index (χ4v) is 5.34. The number of hydrogen-bond donors (Lipinski definition) is 0. The molecule has 26 heavy (non-hydrogen) atoms. The minimum Gasteiger partial charge on any atom is -0.497 e. The van der Waals surface area contributed by atoms with Crippen LogP contribution in [0, 0.1) is 0 Å². The molecule has 0 spiro atoms. The summed E-state index contributed by atoms with van der Waals surface area (Å²) >= 11 is 1.87. The van der Waals surface area contributed by atoms with Crippen LogP contribution in [-0.2, 0) is 12.8 Å². The molecule has 0 saturated carbocycles. The van der Waals surface area contributed by atoms with Crippen molar-refractivity contribution in [1.29, 1.82) is 0 Å². The zero-order valence-corrected chi connectivity index (χ0v) is 15.8. The van der Waals surface area contributed by atoms with Crippen molar-refractivity contribution < 1.29 is 4.74 Å². The van der Waals surface area contributed by atoms with Crippen LogP contribution in [0.4, 0.5) is 11.5 Å². The van der Waals surface area contributed by atoms with E-state index in [1.807, 2.05) is 23.5 Å². The fraction of sp³-hybridized carbons (Fsp3) is 0.400. The highest BCUT2D eigenvalue weighted by atomic mass is 32.1. The van der Waals surface area contributed by atoms with E-state index in [0.29, 0.717) is 0 Å². The molecule has 1 fully saturated rings. The van der Waals surface area contributed by atoms with Crippen LogP contribution in [0.2, 0.25) is 0 Å². The van der Waals surface area contributed by atoms with Gasteiger partial charge in [0, 0.05) is 36.7 Å². The standard InChI is InChI=1S/C20H22N4OS/c1-25-15-7-5-14(6-8-15)23-9-11-24(12-10-23)19-18-16-3-2-4-17(16)26-20(18)22-13-21-19/h5-8,13H,2-4,9-12H2,1H3. The van der Waals surface area contributed by atoms with E-state index in [9.17, 15) is 0 Å².